The van der Waals surface area contributed by atoms with Crippen molar-refractivity contribution in [3.63, 3.8) is 0 Å². The predicted molar refractivity (Wildman–Crippen MR) is 101 cm³/mol. The van der Waals surface area contributed by atoms with Crippen molar-refractivity contribution in [3.05, 3.63) is 0 Å². The first-order chi connectivity index (χ1) is 13.0. The number of aliphatic hydroxyl groups excluding tert-OH is 1. The van der Waals surface area contributed by atoms with Gasteiger partial charge in [-0.05, 0) is 34.1 Å². The molecule has 2 heterocycles. The lowest BCUT2D eigenvalue weighted by atomic mass is 9.93. The van der Waals surface area contributed by atoms with Crippen LogP contribution in [-0.4, -0.2) is 88.7 Å². The molecule has 0 aromatic carbocycles. The van der Waals surface area contributed by atoms with E-state index in [-0.39, 0.29) is 25.4 Å². The Bertz CT molecular complexity index is 543. The van der Waals surface area contributed by atoms with E-state index in [0.717, 1.165) is 0 Å². The molecular weight excluding hydrogens is 387 g/mol. The molecule has 4 radical (unpaired) electrons. The summed E-state index contributed by atoms with van der Waals surface area (Å²) in [6.45, 7) is 7.18. The van der Waals surface area contributed by atoms with Gasteiger partial charge < -0.3 is 33.5 Å². The van der Waals surface area contributed by atoms with Gasteiger partial charge in [0.2, 0.25) is 7.75 Å². The van der Waals surface area contributed by atoms with Gasteiger partial charge in [-0.3, -0.25) is 9.65 Å². The van der Waals surface area contributed by atoms with E-state index < -0.39 is 50.2 Å². The van der Waals surface area contributed by atoms with Crippen molar-refractivity contribution in [2.24, 2.45) is 0 Å². The zero-order valence-corrected chi connectivity index (χ0v) is 17.6. The standard InChI is InChI=1S/C16H30B2NO8P/c1-8(2)23-6-11-10(5-13(17)26-11)19-28(21,22)24-7-12-15(25-9(3)4)14(20)16(18)27-12/h8-16,20H,5-7H2,1-4H3,(H2,19,21,22)/p-1/t10-,11-,12-,13-,14?,15+,16-/m1/s1. The fourth-order valence-electron chi connectivity index (χ4n) is 3.15. The summed E-state index contributed by atoms with van der Waals surface area (Å²) in [5.74, 6) is 0. The van der Waals surface area contributed by atoms with Gasteiger partial charge in [-0.15, -0.1) is 0 Å². The monoisotopic (exact) mass is 416 g/mol. The van der Waals surface area contributed by atoms with Crippen molar-refractivity contribution in [1.29, 1.82) is 0 Å². The highest BCUT2D eigenvalue weighted by atomic mass is 31.2. The van der Waals surface area contributed by atoms with E-state index in [1.54, 1.807) is 13.8 Å². The van der Waals surface area contributed by atoms with Crippen LogP contribution in [0.3, 0.4) is 0 Å². The van der Waals surface area contributed by atoms with Crippen LogP contribution in [0.5, 0.6) is 0 Å². The van der Waals surface area contributed by atoms with Crippen LogP contribution >= 0.6 is 7.75 Å². The molecule has 2 unspecified atom stereocenters. The molecule has 0 aromatic heterocycles. The minimum absolute atomic E-state index is 0.0237. The summed E-state index contributed by atoms with van der Waals surface area (Å²) >= 11 is 0. The summed E-state index contributed by atoms with van der Waals surface area (Å²) in [5, 5.41) is 12.5. The Morgan fingerprint density at radius 2 is 1.86 bits per heavy atom. The highest BCUT2D eigenvalue weighted by Crippen LogP contribution is 2.37. The Balaban J connectivity index is 1.90. The molecule has 28 heavy (non-hydrogen) atoms. The number of ether oxygens (including phenoxy) is 4. The van der Waals surface area contributed by atoms with Crippen LogP contribution in [0.25, 0.3) is 0 Å². The number of rotatable bonds is 10. The minimum Gasteiger partial charge on any atom is -0.766 e. The van der Waals surface area contributed by atoms with Crippen LogP contribution < -0.4 is 9.98 Å². The van der Waals surface area contributed by atoms with Crippen LogP contribution in [-0.2, 0) is 28.0 Å². The maximum Gasteiger partial charge on any atom is 0.204 e. The maximum atomic E-state index is 12.4. The Morgan fingerprint density at radius 3 is 2.46 bits per heavy atom. The second kappa shape index (κ2) is 10.4. The summed E-state index contributed by atoms with van der Waals surface area (Å²) in [6.07, 6.45) is -3.13. The van der Waals surface area contributed by atoms with Gasteiger partial charge in [-0.2, -0.15) is 0 Å². The van der Waals surface area contributed by atoms with Gasteiger partial charge >= 0.3 is 0 Å². The molecule has 0 bridgehead atoms. The van der Waals surface area contributed by atoms with Crippen molar-refractivity contribution in [2.75, 3.05) is 13.2 Å². The first kappa shape index (κ1) is 24.3. The highest BCUT2D eigenvalue weighted by Gasteiger charge is 2.43. The molecule has 2 saturated heterocycles. The second-order valence-corrected chi connectivity index (χ2v) is 9.15. The summed E-state index contributed by atoms with van der Waals surface area (Å²) < 4.78 is 39.5. The lowest BCUT2D eigenvalue weighted by molar-refractivity contribution is -0.206. The van der Waals surface area contributed by atoms with Gasteiger partial charge in [0.25, 0.3) is 0 Å². The van der Waals surface area contributed by atoms with Crippen molar-refractivity contribution in [1.82, 2.24) is 5.09 Å². The maximum absolute atomic E-state index is 12.4. The van der Waals surface area contributed by atoms with Gasteiger partial charge in [-0.25, -0.2) is 0 Å². The molecule has 0 amide bonds. The molecule has 0 aromatic rings. The average Bonchev–Trinajstić information content (AvgIpc) is 3.04. The molecule has 2 aliphatic heterocycles. The zero-order chi connectivity index (χ0) is 21.1. The summed E-state index contributed by atoms with van der Waals surface area (Å²) in [5.41, 5.74) is 0. The summed E-state index contributed by atoms with van der Waals surface area (Å²) in [4.78, 5) is 12.4. The predicted octanol–water partition coefficient (Wildman–Crippen LogP) is -0.814. The quantitative estimate of drug-likeness (QED) is 0.348. The lowest BCUT2D eigenvalue weighted by Crippen LogP contribution is -2.42. The van der Waals surface area contributed by atoms with E-state index in [4.69, 9.17) is 39.2 Å². The largest absolute Gasteiger partial charge is 0.766 e. The fraction of sp³-hybridized carbons (Fsp3) is 1.00. The van der Waals surface area contributed by atoms with Gasteiger partial charge in [0.1, 0.15) is 34.0 Å². The second-order valence-electron chi connectivity index (χ2n) is 7.64. The topological polar surface area (TPSA) is 119 Å². The molecule has 0 saturated carbocycles. The smallest absolute Gasteiger partial charge is 0.204 e. The molecule has 2 N–H and O–H groups in total. The third-order valence-corrected chi connectivity index (χ3v) is 5.55. The SMILES string of the molecule is [B][C@@H]1O[C@H](COP(=O)([O-])N[C@@H]2C[C@H]([B])O[C@@H]2COC(C)C)[C@H](OC(C)C)C1O. The van der Waals surface area contributed by atoms with E-state index in [1.807, 2.05) is 13.8 Å². The molecular formula is C16H29B2NO8P-. The molecule has 12 heteroatoms. The van der Waals surface area contributed by atoms with Gasteiger partial charge in [-0.1, -0.05) is 0 Å². The van der Waals surface area contributed by atoms with Crippen LogP contribution in [0, 0.1) is 0 Å². The Labute approximate surface area is 169 Å². The van der Waals surface area contributed by atoms with Crippen molar-refractivity contribution in [3.8, 4) is 0 Å². The first-order valence-electron chi connectivity index (χ1n) is 9.49. The Morgan fingerprint density at radius 1 is 1.18 bits per heavy atom. The van der Waals surface area contributed by atoms with E-state index in [9.17, 15) is 14.6 Å². The Kier molecular flexibility index (Phi) is 9.01. The minimum atomic E-state index is -4.45. The van der Waals surface area contributed by atoms with Crippen LogP contribution in [0.1, 0.15) is 34.1 Å². The number of hydrogen-bond donors (Lipinski definition) is 2. The zero-order valence-electron chi connectivity index (χ0n) is 16.7. The number of hydrogen-bond acceptors (Lipinski definition) is 8. The third kappa shape index (κ3) is 7.07. The van der Waals surface area contributed by atoms with Crippen LogP contribution in [0.2, 0.25) is 0 Å². The van der Waals surface area contributed by atoms with E-state index >= 15 is 0 Å². The molecule has 0 spiro atoms. The normalized spacial score (nSPS) is 38.4. The van der Waals surface area contributed by atoms with Gasteiger partial charge in [0.15, 0.2) is 0 Å². The molecule has 8 atom stereocenters. The Hall–Kier alpha value is 0.0399. The van der Waals surface area contributed by atoms with Crippen molar-refractivity contribution in [2.45, 2.75) is 88.8 Å². The van der Waals surface area contributed by atoms with Gasteiger partial charge in [0.05, 0.1) is 31.5 Å². The van der Waals surface area contributed by atoms with Crippen molar-refractivity contribution < 1.29 is 38.0 Å². The van der Waals surface area contributed by atoms with Gasteiger partial charge in [0, 0.05) is 18.0 Å². The van der Waals surface area contributed by atoms with Crippen molar-refractivity contribution >= 4 is 23.4 Å². The number of aliphatic hydroxyl groups is 1. The number of nitrogens with one attached hydrogen (secondary N) is 1. The fourth-order valence-corrected chi connectivity index (χ4v) is 4.25. The lowest BCUT2D eigenvalue weighted by Gasteiger charge is -2.31. The molecule has 2 aliphatic rings. The summed E-state index contributed by atoms with van der Waals surface area (Å²) in [6, 6.07) is -2.14. The van der Waals surface area contributed by atoms with Crippen LogP contribution in [0.15, 0.2) is 0 Å². The molecule has 2 fully saturated rings. The molecule has 0 aliphatic carbocycles. The first-order valence-corrected chi connectivity index (χ1v) is 11.0. The van der Waals surface area contributed by atoms with Crippen LogP contribution in [0.4, 0.5) is 0 Å². The van der Waals surface area contributed by atoms with E-state index in [2.05, 4.69) is 5.09 Å². The van der Waals surface area contributed by atoms with E-state index in [0.29, 0.717) is 6.42 Å². The summed E-state index contributed by atoms with van der Waals surface area (Å²) in [7, 11) is 7.01. The average molecular weight is 416 g/mol. The molecule has 158 valence electrons. The van der Waals surface area contributed by atoms with E-state index in [1.165, 1.54) is 0 Å². The third-order valence-electron chi connectivity index (χ3n) is 4.41. The molecule has 9 nitrogen and oxygen atoms in total. The molecule has 2 rings (SSSR count). The highest BCUT2D eigenvalue weighted by molar-refractivity contribution is 7.49.